The molecule has 2 heterocycles. The van der Waals surface area contributed by atoms with Crippen molar-refractivity contribution in [3.05, 3.63) is 28.4 Å². The number of pyridine rings is 1. The van der Waals surface area contributed by atoms with Crippen molar-refractivity contribution in [1.29, 1.82) is 0 Å². The maximum atomic E-state index is 10.6. The van der Waals surface area contributed by atoms with Gasteiger partial charge in [-0.3, -0.25) is 14.9 Å². The highest BCUT2D eigenvalue weighted by atomic mass is 16.6. The summed E-state index contributed by atoms with van der Waals surface area (Å²) in [6.07, 6.45) is 1.17. The Morgan fingerprint density at radius 3 is 2.69 bits per heavy atom. The highest BCUT2D eigenvalue weighted by Crippen LogP contribution is 2.23. The fourth-order valence-electron chi connectivity index (χ4n) is 1.50. The number of aliphatic carboxylic acids is 1. The molecule has 7 nitrogen and oxygen atoms in total. The molecule has 2 rings (SSSR count). The molecule has 1 saturated heterocycles. The largest absolute Gasteiger partial charge is 0.481 e. The topological polar surface area (TPSA) is 96.6 Å². The predicted octanol–water partition coefficient (Wildman–Crippen LogP) is 0.511. The third-order valence-electron chi connectivity index (χ3n) is 2.50. The van der Waals surface area contributed by atoms with Gasteiger partial charge in [0.25, 0.3) is 5.69 Å². The van der Waals surface area contributed by atoms with Crippen LogP contribution in [0.5, 0.6) is 0 Å². The van der Waals surface area contributed by atoms with Gasteiger partial charge < -0.3 is 10.0 Å². The van der Waals surface area contributed by atoms with E-state index in [0.717, 1.165) is 0 Å². The summed E-state index contributed by atoms with van der Waals surface area (Å²) in [4.78, 5) is 26.1. The lowest BCUT2D eigenvalue weighted by atomic mass is 10.0. The summed E-state index contributed by atoms with van der Waals surface area (Å²) in [6.45, 7) is 0.806. The van der Waals surface area contributed by atoms with Gasteiger partial charge in [0.1, 0.15) is 12.0 Å². The Labute approximate surface area is 90.5 Å². The molecule has 1 aromatic rings. The zero-order valence-electron chi connectivity index (χ0n) is 8.24. The van der Waals surface area contributed by atoms with Crippen molar-refractivity contribution in [3.8, 4) is 0 Å². The van der Waals surface area contributed by atoms with Crippen LogP contribution in [0.3, 0.4) is 0 Å². The summed E-state index contributed by atoms with van der Waals surface area (Å²) in [5.41, 5.74) is -0.0703. The number of carboxylic acid groups (broad SMARTS) is 1. The molecule has 0 atom stereocenters. The van der Waals surface area contributed by atoms with Crippen LogP contribution in [0.4, 0.5) is 11.5 Å². The molecule has 1 N–H and O–H groups in total. The highest BCUT2D eigenvalue weighted by molar-refractivity contribution is 5.74. The number of nitrogens with zero attached hydrogens (tertiary/aromatic N) is 3. The van der Waals surface area contributed by atoms with Crippen molar-refractivity contribution >= 4 is 17.5 Å². The molecule has 1 fully saturated rings. The van der Waals surface area contributed by atoms with Crippen LogP contribution < -0.4 is 4.90 Å². The zero-order chi connectivity index (χ0) is 11.7. The van der Waals surface area contributed by atoms with Crippen molar-refractivity contribution in [2.24, 2.45) is 5.92 Å². The fourth-order valence-corrected chi connectivity index (χ4v) is 1.50. The van der Waals surface area contributed by atoms with Gasteiger partial charge in [-0.15, -0.1) is 0 Å². The smallest absolute Gasteiger partial charge is 0.310 e. The second-order valence-corrected chi connectivity index (χ2v) is 3.57. The van der Waals surface area contributed by atoms with Crippen LogP contribution in [0.25, 0.3) is 0 Å². The molecule has 0 radical (unpaired) electrons. The van der Waals surface area contributed by atoms with Gasteiger partial charge in [0.05, 0.1) is 10.8 Å². The fraction of sp³-hybridized carbons (Fsp3) is 0.333. The molecule has 1 aromatic heterocycles. The predicted molar refractivity (Wildman–Crippen MR) is 54.2 cm³/mol. The monoisotopic (exact) mass is 223 g/mol. The first-order chi connectivity index (χ1) is 7.58. The van der Waals surface area contributed by atoms with Gasteiger partial charge in [-0.2, -0.15) is 0 Å². The molecule has 1 aliphatic heterocycles. The number of carbonyl (C=O) groups is 1. The minimum absolute atomic E-state index is 0.0703. The summed E-state index contributed by atoms with van der Waals surface area (Å²) in [6, 6.07) is 2.88. The molecule has 0 aliphatic carbocycles. The molecular formula is C9H9N3O4. The van der Waals surface area contributed by atoms with Crippen LogP contribution in [0.1, 0.15) is 0 Å². The second-order valence-electron chi connectivity index (χ2n) is 3.57. The Balaban J connectivity index is 2.02. The summed E-state index contributed by atoms with van der Waals surface area (Å²) in [5, 5.41) is 19.1. The molecule has 0 spiro atoms. The van der Waals surface area contributed by atoms with Crippen LogP contribution in [-0.2, 0) is 4.79 Å². The van der Waals surface area contributed by atoms with Gasteiger partial charge in [-0.1, -0.05) is 0 Å². The lowest BCUT2D eigenvalue weighted by Crippen LogP contribution is -2.50. The van der Waals surface area contributed by atoms with Gasteiger partial charge in [0.15, 0.2) is 0 Å². The average molecular weight is 223 g/mol. The first-order valence-corrected chi connectivity index (χ1v) is 4.66. The van der Waals surface area contributed by atoms with E-state index < -0.39 is 10.9 Å². The third kappa shape index (κ3) is 1.79. The molecule has 16 heavy (non-hydrogen) atoms. The Bertz CT molecular complexity index is 425. The Morgan fingerprint density at radius 2 is 2.25 bits per heavy atom. The van der Waals surface area contributed by atoms with E-state index >= 15 is 0 Å². The normalized spacial score (nSPS) is 15.6. The van der Waals surface area contributed by atoms with Crippen molar-refractivity contribution < 1.29 is 14.8 Å². The molecule has 0 saturated carbocycles. The van der Waals surface area contributed by atoms with Gasteiger partial charge in [-0.25, -0.2) is 4.98 Å². The molecule has 7 heteroatoms. The number of aromatic nitrogens is 1. The maximum Gasteiger partial charge on any atom is 0.310 e. The van der Waals surface area contributed by atoms with E-state index in [1.54, 1.807) is 4.90 Å². The van der Waals surface area contributed by atoms with Gasteiger partial charge in [-0.05, 0) is 6.07 Å². The van der Waals surface area contributed by atoms with E-state index in [-0.39, 0.29) is 11.6 Å². The molecular weight excluding hydrogens is 214 g/mol. The van der Waals surface area contributed by atoms with Crippen molar-refractivity contribution in [1.82, 2.24) is 4.98 Å². The van der Waals surface area contributed by atoms with Crippen LogP contribution >= 0.6 is 0 Å². The van der Waals surface area contributed by atoms with E-state index in [1.165, 1.54) is 18.3 Å². The third-order valence-corrected chi connectivity index (χ3v) is 2.50. The Morgan fingerprint density at radius 1 is 1.56 bits per heavy atom. The number of carboxylic acids is 1. The first-order valence-electron chi connectivity index (χ1n) is 4.66. The zero-order valence-corrected chi connectivity index (χ0v) is 8.24. The quantitative estimate of drug-likeness (QED) is 0.592. The van der Waals surface area contributed by atoms with E-state index in [1.807, 2.05) is 0 Å². The first kappa shape index (κ1) is 10.3. The Kier molecular flexibility index (Phi) is 2.43. The number of hydrogen-bond donors (Lipinski definition) is 1. The number of rotatable bonds is 3. The van der Waals surface area contributed by atoms with Crippen molar-refractivity contribution in [2.45, 2.75) is 0 Å². The van der Waals surface area contributed by atoms with Gasteiger partial charge in [0, 0.05) is 19.2 Å². The summed E-state index contributed by atoms with van der Waals surface area (Å²) in [7, 11) is 0. The Hall–Kier alpha value is -2.18. The number of anilines is 1. The summed E-state index contributed by atoms with van der Waals surface area (Å²) in [5.74, 6) is -0.613. The summed E-state index contributed by atoms with van der Waals surface area (Å²) >= 11 is 0. The summed E-state index contributed by atoms with van der Waals surface area (Å²) < 4.78 is 0. The van der Waals surface area contributed by atoms with Gasteiger partial charge in [0.2, 0.25) is 0 Å². The van der Waals surface area contributed by atoms with E-state index in [9.17, 15) is 14.9 Å². The van der Waals surface area contributed by atoms with Crippen molar-refractivity contribution in [2.75, 3.05) is 18.0 Å². The average Bonchev–Trinajstić information content (AvgIpc) is 2.15. The molecule has 1 aliphatic rings. The minimum Gasteiger partial charge on any atom is -0.481 e. The van der Waals surface area contributed by atoms with E-state index in [4.69, 9.17) is 5.11 Å². The van der Waals surface area contributed by atoms with Gasteiger partial charge >= 0.3 is 5.97 Å². The molecule has 0 aromatic carbocycles. The van der Waals surface area contributed by atoms with E-state index in [2.05, 4.69) is 4.98 Å². The number of hydrogen-bond acceptors (Lipinski definition) is 5. The SMILES string of the molecule is O=C(O)C1CN(c2ccc([N+](=O)[O-])cn2)C1. The van der Waals surface area contributed by atoms with Crippen LogP contribution in [0.15, 0.2) is 18.3 Å². The van der Waals surface area contributed by atoms with Crippen molar-refractivity contribution in [3.63, 3.8) is 0 Å². The minimum atomic E-state index is -0.821. The molecule has 0 bridgehead atoms. The second kappa shape index (κ2) is 3.76. The lowest BCUT2D eigenvalue weighted by molar-refractivity contribution is -0.385. The van der Waals surface area contributed by atoms with Crippen LogP contribution in [0.2, 0.25) is 0 Å². The highest BCUT2D eigenvalue weighted by Gasteiger charge is 2.33. The number of nitro groups is 1. The molecule has 0 amide bonds. The lowest BCUT2D eigenvalue weighted by Gasteiger charge is -2.37. The maximum absolute atomic E-state index is 10.6. The van der Waals surface area contributed by atoms with Crippen LogP contribution in [0, 0.1) is 16.0 Å². The van der Waals surface area contributed by atoms with E-state index in [0.29, 0.717) is 18.9 Å². The van der Waals surface area contributed by atoms with Crippen LogP contribution in [-0.4, -0.2) is 34.1 Å². The molecule has 0 unspecified atom stereocenters. The standard InChI is InChI=1S/C9H9N3O4/c13-9(14)6-4-11(5-6)8-2-1-7(3-10-8)12(15)16/h1-3,6H,4-5H2,(H,13,14). The molecule has 84 valence electrons.